The third-order valence-corrected chi connectivity index (χ3v) is 3.08. The van der Waals surface area contributed by atoms with Crippen LogP contribution in [-0.2, 0) is 0 Å². The van der Waals surface area contributed by atoms with Gasteiger partial charge in [0.1, 0.15) is 0 Å². The highest BCUT2D eigenvalue weighted by atomic mass is 15.3. The van der Waals surface area contributed by atoms with E-state index in [4.69, 9.17) is 0 Å². The molecule has 0 bridgehead atoms. The molecule has 0 saturated carbocycles. The van der Waals surface area contributed by atoms with Crippen LogP contribution in [0.2, 0.25) is 0 Å². The first-order valence-electron chi connectivity index (χ1n) is 6.62. The molecule has 0 aromatic rings. The summed E-state index contributed by atoms with van der Waals surface area (Å²) in [5.74, 6) is 0. The third-order valence-electron chi connectivity index (χ3n) is 3.08. The summed E-state index contributed by atoms with van der Waals surface area (Å²) in [4.78, 5) is 5.06. The molecular weight excluding hydrogens is 184 g/mol. The van der Waals surface area contributed by atoms with Crippen molar-refractivity contribution in [2.75, 3.05) is 32.7 Å². The van der Waals surface area contributed by atoms with Gasteiger partial charge in [-0.2, -0.15) is 0 Å². The number of rotatable bonds is 3. The normalized spacial score (nSPS) is 18.8. The van der Waals surface area contributed by atoms with Gasteiger partial charge in [0, 0.05) is 32.2 Å². The van der Waals surface area contributed by atoms with Gasteiger partial charge in [-0.1, -0.05) is 33.6 Å². The average molecular weight is 214 g/mol. The maximum absolute atomic E-state index is 2.55. The second-order valence-corrected chi connectivity index (χ2v) is 4.56. The molecule has 0 aromatic heterocycles. The Morgan fingerprint density at radius 1 is 0.867 bits per heavy atom. The first-order valence-corrected chi connectivity index (χ1v) is 6.62. The maximum atomic E-state index is 2.55. The van der Waals surface area contributed by atoms with Gasteiger partial charge in [-0.15, -0.1) is 0 Å². The Morgan fingerprint density at radius 3 is 1.60 bits per heavy atom. The summed E-state index contributed by atoms with van der Waals surface area (Å²) in [7, 11) is 0. The molecule has 1 fully saturated rings. The van der Waals surface area contributed by atoms with Crippen LogP contribution < -0.4 is 0 Å². The van der Waals surface area contributed by atoms with E-state index in [2.05, 4.69) is 44.4 Å². The molecule has 15 heavy (non-hydrogen) atoms. The Morgan fingerprint density at radius 2 is 1.33 bits per heavy atom. The summed E-state index contributed by atoms with van der Waals surface area (Å²) in [5, 5.41) is 0. The molecule has 0 atom stereocenters. The van der Waals surface area contributed by atoms with Crippen molar-refractivity contribution < 1.29 is 0 Å². The molecule has 2 heteroatoms. The zero-order valence-electron chi connectivity index (χ0n) is 11.4. The van der Waals surface area contributed by atoms with E-state index in [0.29, 0.717) is 0 Å². The zero-order chi connectivity index (χ0) is 11.7. The molecule has 1 aliphatic heterocycles. The minimum absolute atomic E-state index is 0.731. The summed E-state index contributed by atoms with van der Waals surface area (Å²) in [6.07, 6.45) is 2.64. The van der Waals surface area contributed by atoms with Gasteiger partial charge in [0.05, 0.1) is 0 Å². The van der Waals surface area contributed by atoms with Gasteiger partial charge in [0.25, 0.3) is 0 Å². The van der Waals surface area contributed by atoms with Gasteiger partial charge in [-0.25, -0.2) is 0 Å². The van der Waals surface area contributed by atoms with E-state index in [1.54, 1.807) is 0 Å². The van der Waals surface area contributed by atoms with Crippen LogP contribution in [-0.4, -0.2) is 48.6 Å². The van der Waals surface area contributed by atoms with Crippen LogP contribution in [0, 0.1) is 0 Å². The Hall–Kier alpha value is -0.0800. The lowest BCUT2D eigenvalue weighted by molar-refractivity contribution is 0.112. The fourth-order valence-corrected chi connectivity index (χ4v) is 1.60. The number of piperazine rings is 1. The van der Waals surface area contributed by atoms with Crippen molar-refractivity contribution in [3.8, 4) is 0 Å². The highest BCUT2D eigenvalue weighted by Crippen LogP contribution is 2.04. The second kappa shape index (κ2) is 9.17. The van der Waals surface area contributed by atoms with Crippen LogP contribution in [0.15, 0.2) is 0 Å². The topological polar surface area (TPSA) is 6.48 Å². The summed E-state index contributed by atoms with van der Waals surface area (Å²) in [6.45, 7) is 17.4. The van der Waals surface area contributed by atoms with Gasteiger partial charge in [-0.05, 0) is 20.4 Å². The molecule has 0 amide bonds. The van der Waals surface area contributed by atoms with Crippen LogP contribution >= 0.6 is 0 Å². The van der Waals surface area contributed by atoms with E-state index in [1.807, 2.05) is 0 Å². The highest BCUT2D eigenvalue weighted by Gasteiger charge is 2.16. The second-order valence-electron chi connectivity index (χ2n) is 4.56. The zero-order valence-corrected chi connectivity index (χ0v) is 11.4. The maximum Gasteiger partial charge on any atom is 0.0113 e. The minimum atomic E-state index is 0.731. The number of hydrogen-bond acceptors (Lipinski definition) is 2. The van der Waals surface area contributed by atoms with Crippen LogP contribution in [0.25, 0.3) is 0 Å². The van der Waals surface area contributed by atoms with Gasteiger partial charge in [0.2, 0.25) is 0 Å². The van der Waals surface area contributed by atoms with Crippen molar-refractivity contribution in [3.05, 3.63) is 0 Å². The lowest BCUT2D eigenvalue weighted by Gasteiger charge is -2.36. The molecule has 1 rings (SSSR count). The van der Waals surface area contributed by atoms with Crippen LogP contribution in [0.4, 0.5) is 0 Å². The average Bonchev–Trinajstić information content (AvgIpc) is 2.29. The Labute approximate surface area is 96.6 Å². The van der Waals surface area contributed by atoms with Crippen molar-refractivity contribution in [2.45, 2.75) is 53.5 Å². The fourth-order valence-electron chi connectivity index (χ4n) is 1.60. The van der Waals surface area contributed by atoms with E-state index in [1.165, 1.54) is 45.6 Å². The number of nitrogens with zero attached hydrogens (tertiary/aromatic N) is 2. The van der Waals surface area contributed by atoms with Crippen molar-refractivity contribution >= 4 is 0 Å². The third kappa shape index (κ3) is 6.91. The standard InChI is InChI=1S/C9H20N2.C4H10/c1-4-10-5-7-11(8-6-10)9(2)3;1-3-4-2/h9H,4-8H2,1-3H3;3-4H2,1-2H3. The minimum Gasteiger partial charge on any atom is -0.301 e. The lowest BCUT2D eigenvalue weighted by Crippen LogP contribution is -2.48. The molecule has 2 nitrogen and oxygen atoms in total. The molecule has 0 unspecified atom stereocenters. The predicted octanol–water partition coefficient (Wildman–Crippen LogP) is 2.84. The monoisotopic (exact) mass is 214 g/mol. The van der Waals surface area contributed by atoms with E-state index in [9.17, 15) is 0 Å². The largest absolute Gasteiger partial charge is 0.301 e. The van der Waals surface area contributed by atoms with Crippen molar-refractivity contribution in [3.63, 3.8) is 0 Å². The molecule has 0 N–H and O–H groups in total. The van der Waals surface area contributed by atoms with Crippen LogP contribution in [0.3, 0.4) is 0 Å². The summed E-state index contributed by atoms with van der Waals surface area (Å²) in [6, 6.07) is 0.731. The molecular formula is C13H30N2. The summed E-state index contributed by atoms with van der Waals surface area (Å²) < 4.78 is 0. The molecule has 0 aromatic carbocycles. The smallest absolute Gasteiger partial charge is 0.0113 e. The summed E-state index contributed by atoms with van der Waals surface area (Å²) >= 11 is 0. The van der Waals surface area contributed by atoms with Crippen molar-refractivity contribution in [2.24, 2.45) is 0 Å². The van der Waals surface area contributed by atoms with Gasteiger partial charge < -0.3 is 4.90 Å². The van der Waals surface area contributed by atoms with Crippen molar-refractivity contribution in [1.82, 2.24) is 9.80 Å². The van der Waals surface area contributed by atoms with E-state index >= 15 is 0 Å². The van der Waals surface area contributed by atoms with E-state index in [-0.39, 0.29) is 0 Å². The summed E-state index contributed by atoms with van der Waals surface area (Å²) in [5.41, 5.74) is 0. The lowest BCUT2D eigenvalue weighted by atomic mass is 10.2. The molecule has 1 saturated heterocycles. The Kier molecular flexibility index (Phi) is 9.12. The van der Waals surface area contributed by atoms with Crippen LogP contribution in [0.1, 0.15) is 47.5 Å². The number of unbranched alkanes of at least 4 members (excludes halogenated alkanes) is 1. The number of likely N-dealkylation sites (N-methyl/N-ethyl adjacent to an activating group) is 1. The molecule has 92 valence electrons. The van der Waals surface area contributed by atoms with Gasteiger partial charge in [-0.3, -0.25) is 4.90 Å². The van der Waals surface area contributed by atoms with Crippen molar-refractivity contribution in [1.29, 1.82) is 0 Å². The Balaban J connectivity index is 0.000000423. The molecule has 0 spiro atoms. The SMILES string of the molecule is CCCC.CCN1CCN(C(C)C)CC1. The highest BCUT2D eigenvalue weighted by molar-refractivity contribution is 4.72. The molecule has 1 aliphatic rings. The predicted molar refractivity (Wildman–Crippen MR) is 69.4 cm³/mol. The van der Waals surface area contributed by atoms with E-state index < -0.39 is 0 Å². The molecule has 0 radical (unpaired) electrons. The fraction of sp³-hybridized carbons (Fsp3) is 1.00. The number of hydrogen-bond donors (Lipinski definition) is 0. The quantitative estimate of drug-likeness (QED) is 0.713. The Bertz CT molecular complexity index is 124. The van der Waals surface area contributed by atoms with Gasteiger partial charge >= 0.3 is 0 Å². The van der Waals surface area contributed by atoms with Gasteiger partial charge in [0.15, 0.2) is 0 Å². The first-order chi connectivity index (χ1) is 7.15. The molecule has 0 aliphatic carbocycles. The van der Waals surface area contributed by atoms with E-state index in [0.717, 1.165) is 6.04 Å². The van der Waals surface area contributed by atoms with Crippen LogP contribution in [0.5, 0.6) is 0 Å². The first kappa shape index (κ1) is 14.9. The molecule has 1 heterocycles.